The van der Waals surface area contributed by atoms with E-state index in [0.717, 1.165) is 37.8 Å². The molecule has 0 unspecified atom stereocenters. The van der Waals surface area contributed by atoms with Gasteiger partial charge < -0.3 is 9.73 Å². The first kappa shape index (κ1) is 15.6. The summed E-state index contributed by atoms with van der Waals surface area (Å²) in [4.78, 5) is 15.9. The van der Waals surface area contributed by atoms with Crippen LogP contribution in [0.25, 0.3) is 11.3 Å². The molecule has 1 fully saturated rings. The number of carbonyl (C=O) groups is 1. The Bertz CT molecular complexity index is 673. The van der Waals surface area contributed by atoms with Crippen molar-refractivity contribution in [3.05, 3.63) is 41.9 Å². The molecule has 2 aromatic rings. The Hall–Kier alpha value is -2.24. The maximum Gasteiger partial charge on any atom is 0.220 e. The van der Waals surface area contributed by atoms with Crippen molar-refractivity contribution >= 4 is 5.91 Å². The molecule has 0 bridgehead atoms. The van der Waals surface area contributed by atoms with E-state index < -0.39 is 11.6 Å². The zero-order chi connectivity index (χ0) is 16.2. The average Bonchev–Trinajstić information content (AvgIpc) is 3.17. The molecule has 1 saturated carbocycles. The number of aromatic nitrogens is 1. The zero-order valence-electron chi connectivity index (χ0n) is 12.6. The van der Waals surface area contributed by atoms with Gasteiger partial charge in [0.25, 0.3) is 0 Å². The Morgan fingerprint density at radius 3 is 2.65 bits per heavy atom. The van der Waals surface area contributed by atoms with Crippen molar-refractivity contribution in [3.63, 3.8) is 0 Å². The molecule has 1 heterocycles. The summed E-state index contributed by atoms with van der Waals surface area (Å²) >= 11 is 0. The molecule has 0 saturated heterocycles. The van der Waals surface area contributed by atoms with Crippen molar-refractivity contribution in [2.75, 3.05) is 0 Å². The second-order valence-electron chi connectivity index (χ2n) is 5.76. The summed E-state index contributed by atoms with van der Waals surface area (Å²) in [7, 11) is 0. The molecule has 0 aliphatic heterocycles. The number of oxazole rings is 1. The van der Waals surface area contributed by atoms with Crippen molar-refractivity contribution in [2.45, 2.75) is 44.6 Å². The minimum absolute atomic E-state index is 0.0341. The molecule has 1 N–H and O–H groups in total. The standard InChI is InChI=1S/C17H18F2N2O2/c18-12-6-3-7-13(19)17(12)14-10-20-16(23-14)9-8-15(22)21-11-4-1-2-5-11/h3,6-7,10-11H,1-2,4-5,8-9H2,(H,21,22). The van der Waals surface area contributed by atoms with Crippen LogP contribution in [-0.2, 0) is 11.2 Å². The van der Waals surface area contributed by atoms with Crippen LogP contribution in [0.5, 0.6) is 0 Å². The molecule has 1 aromatic carbocycles. The molecule has 3 rings (SSSR count). The SMILES string of the molecule is O=C(CCc1ncc(-c2c(F)cccc2F)o1)NC1CCCC1. The number of nitrogens with one attached hydrogen (secondary N) is 1. The number of carbonyl (C=O) groups excluding carboxylic acids is 1. The van der Waals surface area contributed by atoms with Crippen LogP contribution in [0.1, 0.15) is 38.0 Å². The highest BCUT2D eigenvalue weighted by atomic mass is 19.1. The molecule has 1 amide bonds. The van der Waals surface area contributed by atoms with Gasteiger partial charge in [-0.25, -0.2) is 13.8 Å². The van der Waals surface area contributed by atoms with Crippen LogP contribution >= 0.6 is 0 Å². The van der Waals surface area contributed by atoms with Crippen molar-refractivity contribution in [1.82, 2.24) is 10.3 Å². The smallest absolute Gasteiger partial charge is 0.220 e. The van der Waals surface area contributed by atoms with Crippen LogP contribution in [-0.4, -0.2) is 16.9 Å². The molecule has 6 heteroatoms. The Morgan fingerprint density at radius 1 is 1.26 bits per heavy atom. The van der Waals surface area contributed by atoms with Crippen molar-refractivity contribution in [2.24, 2.45) is 0 Å². The van der Waals surface area contributed by atoms with Gasteiger partial charge >= 0.3 is 0 Å². The fraction of sp³-hybridized carbons (Fsp3) is 0.412. The molecule has 23 heavy (non-hydrogen) atoms. The first-order chi connectivity index (χ1) is 11.1. The van der Waals surface area contributed by atoms with E-state index in [9.17, 15) is 13.6 Å². The fourth-order valence-corrected chi connectivity index (χ4v) is 2.87. The lowest BCUT2D eigenvalue weighted by molar-refractivity contribution is -0.121. The molecule has 4 nitrogen and oxygen atoms in total. The van der Waals surface area contributed by atoms with E-state index in [1.807, 2.05) is 0 Å². The van der Waals surface area contributed by atoms with Gasteiger partial charge in [0, 0.05) is 18.9 Å². The number of hydrogen-bond acceptors (Lipinski definition) is 3. The van der Waals surface area contributed by atoms with E-state index in [4.69, 9.17) is 4.42 Å². The van der Waals surface area contributed by atoms with Crippen LogP contribution in [0, 0.1) is 11.6 Å². The van der Waals surface area contributed by atoms with Crippen LogP contribution in [0.4, 0.5) is 8.78 Å². The maximum atomic E-state index is 13.7. The van der Waals surface area contributed by atoms with Gasteiger partial charge in [0.1, 0.15) is 11.6 Å². The molecular weight excluding hydrogens is 302 g/mol. The number of halogens is 2. The van der Waals surface area contributed by atoms with Crippen molar-refractivity contribution < 1.29 is 18.0 Å². The van der Waals surface area contributed by atoms with Gasteiger partial charge in [-0.05, 0) is 25.0 Å². The number of aryl methyl sites for hydroxylation is 1. The third kappa shape index (κ3) is 3.75. The molecule has 0 atom stereocenters. The predicted molar refractivity (Wildman–Crippen MR) is 80.6 cm³/mol. The highest BCUT2D eigenvalue weighted by Gasteiger charge is 2.18. The van der Waals surface area contributed by atoms with E-state index in [0.29, 0.717) is 12.3 Å². The Labute approximate surface area is 132 Å². The summed E-state index contributed by atoms with van der Waals surface area (Å²) < 4.78 is 32.8. The minimum Gasteiger partial charge on any atom is -0.441 e. The number of nitrogens with zero attached hydrogens (tertiary/aromatic N) is 1. The van der Waals surface area contributed by atoms with Gasteiger partial charge in [-0.3, -0.25) is 4.79 Å². The number of rotatable bonds is 5. The molecule has 1 aliphatic carbocycles. The molecule has 0 radical (unpaired) electrons. The van der Waals surface area contributed by atoms with Gasteiger partial charge in [0.2, 0.25) is 5.91 Å². The summed E-state index contributed by atoms with van der Waals surface area (Å²) in [6, 6.07) is 3.89. The second kappa shape index (κ2) is 6.89. The molecular formula is C17H18F2N2O2. The minimum atomic E-state index is -0.702. The van der Waals surface area contributed by atoms with Gasteiger partial charge in [0.15, 0.2) is 11.7 Å². The third-order valence-electron chi connectivity index (χ3n) is 4.05. The lowest BCUT2D eigenvalue weighted by atomic mass is 10.1. The molecule has 1 aliphatic rings. The predicted octanol–water partition coefficient (Wildman–Crippen LogP) is 3.61. The zero-order valence-corrected chi connectivity index (χ0v) is 12.6. The average molecular weight is 320 g/mol. The first-order valence-electron chi connectivity index (χ1n) is 7.82. The van der Waals surface area contributed by atoms with Gasteiger partial charge in [-0.15, -0.1) is 0 Å². The normalized spacial score (nSPS) is 15.0. The Balaban J connectivity index is 1.60. The monoisotopic (exact) mass is 320 g/mol. The number of amides is 1. The molecule has 1 aromatic heterocycles. The van der Waals surface area contributed by atoms with Crippen molar-refractivity contribution in [3.8, 4) is 11.3 Å². The van der Waals surface area contributed by atoms with Gasteiger partial charge in [0.05, 0.1) is 11.8 Å². The van der Waals surface area contributed by atoms with E-state index in [-0.39, 0.29) is 29.7 Å². The summed E-state index contributed by atoms with van der Waals surface area (Å²) in [5.41, 5.74) is -0.235. The summed E-state index contributed by atoms with van der Waals surface area (Å²) in [6.07, 6.45) is 6.20. The van der Waals surface area contributed by atoms with E-state index in [1.54, 1.807) is 0 Å². The van der Waals surface area contributed by atoms with E-state index in [2.05, 4.69) is 10.3 Å². The topological polar surface area (TPSA) is 55.1 Å². The van der Waals surface area contributed by atoms with Crippen molar-refractivity contribution in [1.29, 1.82) is 0 Å². The van der Waals surface area contributed by atoms with Crippen LogP contribution in [0.15, 0.2) is 28.8 Å². The quantitative estimate of drug-likeness (QED) is 0.915. The van der Waals surface area contributed by atoms with Crippen LogP contribution in [0.2, 0.25) is 0 Å². The number of benzene rings is 1. The van der Waals surface area contributed by atoms with E-state index >= 15 is 0 Å². The van der Waals surface area contributed by atoms with Crippen LogP contribution < -0.4 is 5.32 Å². The van der Waals surface area contributed by atoms with E-state index in [1.165, 1.54) is 12.3 Å². The first-order valence-corrected chi connectivity index (χ1v) is 7.82. The lowest BCUT2D eigenvalue weighted by Crippen LogP contribution is -2.32. The Morgan fingerprint density at radius 2 is 1.96 bits per heavy atom. The summed E-state index contributed by atoms with van der Waals surface area (Å²) in [6.45, 7) is 0. The molecule has 0 spiro atoms. The summed E-state index contributed by atoms with van der Waals surface area (Å²) in [5.74, 6) is -1.12. The van der Waals surface area contributed by atoms with Gasteiger partial charge in [-0.2, -0.15) is 0 Å². The van der Waals surface area contributed by atoms with Gasteiger partial charge in [-0.1, -0.05) is 18.9 Å². The molecule has 122 valence electrons. The Kier molecular flexibility index (Phi) is 4.69. The fourth-order valence-electron chi connectivity index (χ4n) is 2.87. The second-order valence-corrected chi connectivity index (χ2v) is 5.76. The number of hydrogen-bond donors (Lipinski definition) is 1. The maximum absolute atomic E-state index is 13.7. The lowest BCUT2D eigenvalue weighted by Gasteiger charge is -2.10. The largest absolute Gasteiger partial charge is 0.441 e. The van der Waals surface area contributed by atoms with Crippen LogP contribution in [0.3, 0.4) is 0 Å². The highest BCUT2D eigenvalue weighted by Crippen LogP contribution is 2.26. The highest BCUT2D eigenvalue weighted by molar-refractivity contribution is 5.76. The summed E-state index contributed by atoms with van der Waals surface area (Å²) in [5, 5.41) is 2.98. The third-order valence-corrected chi connectivity index (χ3v) is 4.05.